The largest absolute Gasteiger partial charge is 0.340 e. The molecule has 0 spiro atoms. The number of carbonyl (C=O) groups is 1. The minimum atomic E-state index is -3.56. The summed E-state index contributed by atoms with van der Waals surface area (Å²) in [5.74, 6) is -0.197. The molecule has 0 radical (unpaired) electrons. The Kier molecular flexibility index (Phi) is 6.37. The molecule has 1 aromatic rings. The van der Waals surface area contributed by atoms with Crippen molar-refractivity contribution in [1.82, 2.24) is 14.1 Å². The van der Waals surface area contributed by atoms with Gasteiger partial charge in [0.1, 0.15) is 9.77 Å². The highest BCUT2D eigenvalue weighted by Gasteiger charge is 2.32. The number of thiophene rings is 1. The van der Waals surface area contributed by atoms with Gasteiger partial charge in [-0.15, -0.1) is 11.3 Å². The minimum absolute atomic E-state index is 0.172. The highest BCUT2D eigenvalue weighted by atomic mass is 32.2. The lowest BCUT2D eigenvalue weighted by Crippen LogP contribution is -2.38. The first-order chi connectivity index (χ1) is 12.4. The van der Waals surface area contributed by atoms with Crippen molar-refractivity contribution >= 4 is 27.3 Å². The summed E-state index contributed by atoms with van der Waals surface area (Å²) in [4.78, 5) is 17.3. The molecular formula is C18H29N3O3S2. The van der Waals surface area contributed by atoms with E-state index in [4.69, 9.17) is 0 Å². The van der Waals surface area contributed by atoms with E-state index in [1.54, 1.807) is 23.4 Å². The van der Waals surface area contributed by atoms with Crippen LogP contribution in [0.4, 0.5) is 0 Å². The second-order valence-corrected chi connectivity index (χ2v) is 10.2. The van der Waals surface area contributed by atoms with Crippen LogP contribution in [0.15, 0.2) is 16.3 Å². The fourth-order valence-electron chi connectivity index (χ4n) is 3.83. The van der Waals surface area contributed by atoms with E-state index in [0.717, 1.165) is 19.4 Å². The summed E-state index contributed by atoms with van der Waals surface area (Å²) >= 11 is 1.22. The van der Waals surface area contributed by atoms with E-state index in [-0.39, 0.29) is 10.8 Å². The first-order valence-corrected chi connectivity index (χ1v) is 11.8. The van der Waals surface area contributed by atoms with E-state index < -0.39 is 10.0 Å². The molecule has 0 atom stereocenters. The Labute approximate surface area is 160 Å². The van der Waals surface area contributed by atoms with Crippen LogP contribution >= 0.6 is 11.3 Å². The number of rotatable bonds is 7. The third-order valence-corrected chi connectivity index (χ3v) is 8.56. The van der Waals surface area contributed by atoms with Gasteiger partial charge < -0.3 is 9.80 Å². The van der Waals surface area contributed by atoms with Crippen molar-refractivity contribution in [3.63, 3.8) is 0 Å². The Bertz CT molecular complexity index is 720. The van der Waals surface area contributed by atoms with Crippen LogP contribution in [0.25, 0.3) is 0 Å². The average Bonchev–Trinajstić information content (AvgIpc) is 3.39. The molecule has 2 aliphatic rings. The molecule has 1 amide bonds. The molecule has 0 aromatic carbocycles. The van der Waals surface area contributed by atoms with Gasteiger partial charge in [-0.1, -0.05) is 12.8 Å². The summed E-state index contributed by atoms with van der Waals surface area (Å²) in [5, 5.41) is 1.70. The Hall–Kier alpha value is -0.960. The van der Waals surface area contributed by atoms with E-state index in [1.165, 1.54) is 41.3 Å². The van der Waals surface area contributed by atoms with Gasteiger partial charge in [0.2, 0.25) is 10.0 Å². The first kappa shape index (κ1) is 19.8. The van der Waals surface area contributed by atoms with Crippen LogP contribution in [0.2, 0.25) is 0 Å². The lowest BCUT2D eigenvalue weighted by molar-refractivity contribution is 0.0775. The monoisotopic (exact) mass is 399 g/mol. The Morgan fingerprint density at radius 2 is 1.81 bits per heavy atom. The fourth-order valence-corrected chi connectivity index (χ4v) is 6.74. The van der Waals surface area contributed by atoms with Crippen LogP contribution in [0.3, 0.4) is 0 Å². The topological polar surface area (TPSA) is 60.9 Å². The van der Waals surface area contributed by atoms with Gasteiger partial charge in [-0.3, -0.25) is 4.79 Å². The molecule has 2 fully saturated rings. The van der Waals surface area contributed by atoms with Crippen LogP contribution in [0.5, 0.6) is 0 Å². The highest BCUT2D eigenvalue weighted by molar-refractivity contribution is 7.89. The molecule has 2 heterocycles. The van der Waals surface area contributed by atoms with Crippen LogP contribution < -0.4 is 0 Å². The predicted molar refractivity (Wildman–Crippen MR) is 104 cm³/mol. The molecule has 1 saturated heterocycles. The maximum Gasteiger partial charge on any atom is 0.265 e. The van der Waals surface area contributed by atoms with E-state index in [9.17, 15) is 13.2 Å². The summed E-state index contributed by atoms with van der Waals surface area (Å²) in [6.07, 6.45) is 6.82. The summed E-state index contributed by atoms with van der Waals surface area (Å²) in [5.41, 5.74) is 0. The van der Waals surface area contributed by atoms with Crippen molar-refractivity contribution in [2.75, 3.05) is 40.3 Å². The number of carbonyl (C=O) groups excluding carboxylic acids is 1. The lowest BCUT2D eigenvalue weighted by Gasteiger charge is -2.27. The molecule has 26 heavy (non-hydrogen) atoms. The molecule has 0 bridgehead atoms. The Morgan fingerprint density at radius 1 is 1.15 bits per heavy atom. The molecule has 8 heteroatoms. The summed E-state index contributed by atoms with van der Waals surface area (Å²) < 4.78 is 27.2. The zero-order chi connectivity index (χ0) is 18.7. The van der Waals surface area contributed by atoms with E-state index in [1.807, 2.05) is 0 Å². The molecule has 0 N–H and O–H groups in total. The third kappa shape index (κ3) is 4.13. The Balaban J connectivity index is 1.65. The summed E-state index contributed by atoms with van der Waals surface area (Å²) in [6.45, 7) is 2.51. The summed E-state index contributed by atoms with van der Waals surface area (Å²) in [7, 11) is 0.311. The van der Waals surface area contributed by atoms with Crippen molar-refractivity contribution in [3.8, 4) is 0 Å². The predicted octanol–water partition coefficient (Wildman–Crippen LogP) is 2.48. The van der Waals surface area contributed by atoms with Gasteiger partial charge in [0.25, 0.3) is 5.91 Å². The smallest absolute Gasteiger partial charge is 0.265 e. The fraction of sp³-hybridized carbons (Fsp3) is 0.722. The zero-order valence-electron chi connectivity index (χ0n) is 15.7. The molecule has 1 aliphatic heterocycles. The lowest BCUT2D eigenvalue weighted by atomic mass is 10.2. The number of hydrogen-bond acceptors (Lipinski definition) is 5. The van der Waals surface area contributed by atoms with Gasteiger partial charge in [0.05, 0.1) is 0 Å². The molecule has 1 saturated carbocycles. The second-order valence-electron chi connectivity index (χ2n) is 7.37. The SMILES string of the molecule is CN(CCN(C)C1CCCC1)C(=O)c1sccc1S(=O)(=O)N1CCCC1. The number of likely N-dealkylation sites (N-methyl/N-ethyl adjacent to an activating group) is 2. The van der Waals surface area contributed by atoms with E-state index in [2.05, 4.69) is 11.9 Å². The third-order valence-electron chi connectivity index (χ3n) is 5.59. The number of amides is 1. The molecule has 1 aromatic heterocycles. The van der Waals surface area contributed by atoms with Gasteiger partial charge in [0, 0.05) is 39.3 Å². The first-order valence-electron chi connectivity index (χ1n) is 9.44. The van der Waals surface area contributed by atoms with Crippen LogP contribution in [-0.4, -0.2) is 74.7 Å². The standard InChI is InChI=1S/C18H29N3O3S2/c1-19(15-7-3-4-8-15)12-13-20(2)18(22)17-16(9-14-25-17)26(23,24)21-10-5-6-11-21/h9,14-15H,3-8,10-13H2,1-2H3. The van der Waals surface area contributed by atoms with Crippen molar-refractivity contribution in [2.45, 2.75) is 49.5 Å². The van der Waals surface area contributed by atoms with Gasteiger partial charge in [-0.2, -0.15) is 4.31 Å². The van der Waals surface area contributed by atoms with Gasteiger partial charge in [-0.25, -0.2) is 8.42 Å². The molecule has 1 aliphatic carbocycles. The number of hydrogen-bond donors (Lipinski definition) is 0. The Morgan fingerprint density at radius 3 is 2.46 bits per heavy atom. The molecule has 0 unspecified atom stereocenters. The van der Waals surface area contributed by atoms with Crippen LogP contribution in [0.1, 0.15) is 48.2 Å². The van der Waals surface area contributed by atoms with Crippen molar-refractivity contribution in [2.24, 2.45) is 0 Å². The van der Waals surface area contributed by atoms with Gasteiger partial charge in [0.15, 0.2) is 0 Å². The van der Waals surface area contributed by atoms with Crippen LogP contribution in [-0.2, 0) is 10.0 Å². The average molecular weight is 400 g/mol. The van der Waals surface area contributed by atoms with Crippen molar-refractivity contribution in [3.05, 3.63) is 16.3 Å². The normalized spacial score (nSPS) is 19.5. The molecular weight excluding hydrogens is 370 g/mol. The van der Waals surface area contributed by atoms with Crippen molar-refractivity contribution < 1.29 is 13.2 Å². The molecule has 146 valence electrons. The highest BCUT2D eigenvalue weighted by Crippen LogP contribution is 2.28. The molecule has 6 nitrogen and oxygen atoms in total. The van der Waals surface area contributed by atoms with Crippen molar-refractivity contribution in [1.29, 1.82) is 0 Å². The minimum Gasteiger partial charge on any atom is -0.340 e. The molecule has 3 rings (SSSR count). The van der Waals surface area contributed by atoms with E-state index >= 15 is 0 Å². The number of sulfonamides is 1. The van der Waals surface area contributed by atoms with Gasteiger partial charge in [-0.05, 0) is 44.2 Å². The van der Waals surface area contributed by atoms with Crippen LogP contribution in [0, 0.1) is 0 Å². The number of nitrogens with zero attached hydrogens (tertiary/aromatic N) is 3. The van der Waals surface area contributed by atoms with E-state index in [0.29, 0.717) is 30.6 Å². The maximum atomic E-state index is 12.9. The second kappa shape index (κ2) is 8.37. The quantitative estimate of drug-likeness (QED) is 0.707. The zero-order valence-corrected chi connectivity index (χ0v) is 17.3. The maximum absolute atomic E-state index is 12.9. The van der Waals surface area contributed by atoms with Gasteiger partial charge >= 0.3 is 0 Å². The summed E-state index contributed by atoms with van der Waals surface area (Å²) in [6, 6.07) is 2.19.